The lowest BCUT2D eigenvalue weighted by molar-refractivity contribution is -0.123. The molecule has 1 aliphatic carbocycles. The van der Waals surface area contributed by atoms with Crippen molar-refractivity contribution in [1.82, 2.24) is 5.32 Å². The molecule has 1 heterocycles. The molecule has 0 radical (unpaired) electrons. The van der Waals surface area contributed by atoms with Gasteiger partial charge in [-0.15, -0.1) is 0 Å². The Labute approximate surface area is 228 Å². The number of aliphatic hydroxyl groups excluding tert-OH is 1. The number of allylic oxidation sites excluding steroid dienone is 3. The summed E-state index contributed by atoms with van der Waals surface area (Å²) in [7, 11) is 1.36. The zero-order valence-corrected chi connectivity index (χ0v) is 23.5. The van der Waals surface area contributed by atoms with E-state index in [-0.39, 0.29) is 46.3 Å². The van der Waals surface area contributed by atoms with Crippen molar-refractivity contribution in [1.29, 1.82) is 0 Å². The number of fused-ring (bicyclic) bond motifs is 3. The molecule has 206 valence electrons. The van der Waals surface area contributed by atoms with Gasteiger partial charge in [0.25, 0.3) is 5.91 Å². The normalized spacial score (nSPS) is 17.8. The number of unbranched alkanes of at least 4 members (excludes halogenated alkanes) is 1. The van der Waals surface area contributed by atoms with Crippen LogP contribution in [0.2, 0.25) is 0 Å². The highest BCUT2D eigenvalue weighted by molar-refractivity contribution is 6.25. The molecule has 1 atom stereocenters. The summed E-state index contributed by atoms with van der Waals surface area (Å²) >= 11 is 0. The van der Waals surface area contributed by atoms with Gasteiger partial charge in [-0.25, -0.2) is 0 Å². The second kappa shape index (κ2) is 10.2. The second-order valence-electron chi connectivity index (χ2n) is 10.4. The molecule has 2 aromatic rings. The van der Waals surface area contributed by atoms with Crippen LogP contribution in [0.4, 0.5) is 0 Å². The lowest BCUT2D eigenvalue weighted by Gasteiger charge is -2.27. The number of methoxy groups -OCH3 is 1. The Morgan fingerprint density at radius 3 is 2.44 bits per heavy atom. The lowest BCUT2D eigenvalue weighted by Crippen LogP contribution is -2.38. The SMILES string of the molecule is CCCCc1cc(C)c(C)c(CNC(=O)c2c(OC)cc(O)c3c2OC2=CC(O)=C(C(C)=O)C(=O)[C@]23C)c1C. The number of aromatic hydroxyl groups is 1. The summed E-state index contributed by atoms with van der Waals surface area (Å²) < 4.78 is 11.4. The Balaban J connectivity index is 1.77. The van der Waals surface area contributed by atoms with E-state index in [0.29, 0.717) is 0 Å². The van der Waals surface area contributed by atoms with E-state index in [0.717, 1.165) is 41.5 Å². The molecule has 2 aromatic carbocycles. The van der Waals surface area contributed by atoms with E-state index in [2.05, 4.69) is 32.2 Å². The van der Waals surface area contributed by atoms with Gasteiger partial charge in [0.15, 0.2) is 17.3 Å². The quantitative estimate of drug-likeness (QED) is 0.403. The number of aryl methyl sites for hydroxylation is 2. The Morgan fingerprint density at radius 1 is 1.13 bits per heavy atom. The molecule has 0 saturated heterocycles. The lowest BCUT2D eigenvalue weighted by atomic mass is 9.71. The van der Waals surface area contributed by atoms with E-state index in [1.807, 2.05) is 6.92 Å². The van der Waals surface area contributed by atoms with E-state index in [1.54, 1.807) is 0 Å². The fraction of sp³-hybridized carbons (Fsp3) is 0.387. The first kappa shape index (κ1) is 28.0. The van der Waals surface area contributed by atoms with Crippen molar-refractivity contribution < 1.29 is 34.1 Å². The van der Waals surface area contributed by atoms with Crippen LogP contribution in [0.3, 0.4) is 0 Å². The molecule has 0 fully saturated rings. The van der Waals surface area contributed by atoms with Crippen molar-refractivity contribution in [3.63, 3.8) is 0 Å². The zero-order chi connectivity index (χ0) is 28.8. The molecule has 0 unspecified atom stereocenters. The van der Waals surface area contributed by atoms with E-state index >= 15 is 0 Å². The van der Waals surface area contributed by atoms with Crippen LogP contribution in [0, 0.1) is 20.8 Å². The van der Waals surface area contributed by atoms with Crippen molar-refractivity contribution in [2.45, 2.75) is 72.8 Å². The molecule has 8 heteroatoms. The first-order valence-electron chi connectivity index (χ1n) is 13.1. The molecular weight excluding hydrogens is 498 g/mol. The van der Waals surface area contributed by atoms with Crippen LogP contribution in [-0.2, 0) is 28.0 Å². The number of amides is 1. The standard InChI is InChI=1S/C31H35NO7/c1-8-9-10-19-11-15(2)16(3)20(17(19)4)14-32-30(37)26-23(38-7)12-22(35)27-28(26)39-24-13-21(34)25(18(5)33)29(36)31(24,27)6/h11-13,34-35H,8-10,14H2,1-7H3,(H,32,37)/t31-/m1/s1. The summed E-state index contributed by atoms with van der Waals surface area (Å²) in [6.07, 6.45) is 4.31. The Bertz CT molecular complexity index is 1480. The molecule has 0 spiro atoms. The van der Waals surface area contributed by atoms with Gasteiger partial charge in [-0.3, -0.25) is 14.4 Å². The fourth-order valence-electron chi connectivity index (χ4n) is 5.56. The molecule has 0 aromatic heterocycles. The van der Waals surface area contributed by atoms with Gasteiger partial charge in [0.2, 0.25) is 0 Å². The average Bonchev–Trinajstić information content (AvgIpc) is 3.18. The summed E-state index contributed by atoms with van der Waals surface area (Å²) in [5, 5.41) is 24.3. The zero-order valence-electron chi connectivity index (χ0n) is 23.5. The predicted octanol–water partition coefficient (Wildman–Crippen LogP) is 5.12. The maximum atomic E-state index is 13.7. The minimum atomic E-state index is -1.61. The van der Waals surface area contributed by atoms with Crippen LogP contribution >= 0.6 is 0 Å². The molecular formula is C31H35NO7. The van der Waals surface area contributed by atoms with Gasteiger partial charge >= 0.3 is 0 Å². The third-order valence-corrected chi connectivity index (χ3v) is 8.03. The van der Waals surface area contributed by atoms with Crippen LogP contribution < -0.4 is 14.8 Å². The third-order valence-electron chi connectivity index (χ3n) is 8.03. The first-order valence-corrected chi connectivity index (χ1v) is 13.1. The first-order chi connectivity index (χ1) is 18.4. The van der Waals surface area contributed by atoms with Gasteiger partial charge in [0.05, 0.1) is 12.7 Å². The smallest absolute Gasteiger partial charge is 0.259 e. The maximum Gasteiger partial charge on any atom is 0.259 e. The van der Waals surface area contributed by atoms with Crippen LogP contribution in [0.5, 0.6) is 17.2 Å². The third kappa shape index (κ3) is 4.37. The number of benzene rings is 2. The van der Waals surface area contributed by atoms with Crippen molar-refractivity contribution in [3.05, 3.63) is 74.2 Å². The van der Waals surface area contributed by atoms with Crippen LogP contribution in [-0.4, -0.2) is 34.8 Å². The number of hydrogen-bond donors (Lipinski definition) is 3. The van der Waals surface area contributed by atoms with E-state index < -0.39 is 28.6 Å². The van der Waals surface area contributed by atoms with Crippen LogP contribution in [0.1, 0.15) is 77.4 Å². The van der Waals surface area contributed by atoms with Crippen molar-refractivity contribution >= 4 is 17.5 Å². The minimum Gasteiger partial charge on any atom is -0.507 e. The van der Waals surface area contributed by atoms with Crippen LogP contribution in [0.25, 0.3) is 0 Å². The minimum absolute atomic E-state index is 0.00709. The molecule has 1 aliphatic heterocycles. The molecule has 0 bridgehead atoms. The highest BCUT2D eigenvalue weighted by atomic mass is 16.5. The highest BCUT2D eigenvalue weighted by Crippen LogP contribution is 2.56. The summed E-state index contributed by atoms with van der Waals surface area (Å²) in [6, 6.07) is 3.47. The van der Waals surface area contributed by atoms with Crippen molar-refractivity contribution in [3.8, 4) is 17.2 Å². The molecule has 1 amide bonds. The number of aliphatic hydroxyl groups is 1. The van der Waals surface area contributed by atoms with E-state index in [4.69, 9.17) is 9.47 Å². The number of phenolic OH excluding ortho intramolecular Hbond substituents is 1. The van der Waals surface area contributed by atoms with Gasteiger partial charge < -0.3 is 25.0 Å². The number of carbonyl (C=O) groups is 3. The molecule has 2 aliphatic rings. The summed E-state index contributed by atoms with van der Waals surface area (Å²) in [5.74, 6) is -2.68. The largest absolute Gasteiger partial charge is 0.507 e. The number of rotatable bonds is 8. The topological polar surface area (TPSA) is 122 Å². The molecule has 0 saturated carbocycles. The number of ether oxygens (including phenoxy) is 2. The van der Waals surface area contributed by atoms with E-state index in [1.165, 1.54) is 38.7 Å². The fourth-order valence-corrected chi connectivity index (χ4v) is 5.56. The van der Waals surface area contributed by atoms with Crippen molar-refractivity contribution in [2.24, 2.45) is 0 Å². The number of Topliss-reactive ketones (excluding diaryl/α,β-unsaturated/α-hetero) is 2. The number of hydrogen-bond acceptors (Lipinski definition) is 7. The number of nitrogens with one attached hydrogen (secondary N) is 1. The van der Waals surface area contributed by atoms with Crippen LogP contribution in [0.15, 0.2) is 35.3 Å². The monoisotopic (exact) mass is 533 g/mol. The summed E-state index contributed by atoms with van der Waals surface area (Å²) in [5.41, 5.74) is 3.73. The molecule has 4 rings (SSSR count). The van der Waals surface area contributed by atoms with Gasteiger partial charge in [0.1, 0.15) is 39.6 Å². The average molecular weight is 534 g/mol. The highest BCUT2D eigenvalue weighted by Gasteiger charge is 2.55. The maximum absolute atomic E-state index is 13.7. The Morgan fingerprint density at radius 2 is 1.82 bits per heavy atom. The Hall–Kier alpha value is -4.07. The summed E-state index contributed by atoms with van der Waals surface area (Å²) in [4.78, 5) is 39.3. The number of ketones is 2. The Kier molecular flexibility index (Phi) is 7.34. The van der Waals surface area contributed by atoms with Crippen molar-refractivity contribution in [2.75, 3.05) is 7.11 Å². The van der Waals surface area contributed by atoms with Gasteiger partial charge in [-0.2, -0.15) is 0 Å². The molecule has 39 heavy (non-hydrogen) atoms. The molecule has 8 nitrogen and oxygen atoms in total. The van der Waals surface area contributed by atoms with E-state index in [9.17, 15) is 24.6 Å². The van der Waals surface area contributed by atoms with Gasteiger partial charge in [-0.05, 0) is 75.3 Å². The number of carbonyl (C=O) groups excluding carboxylic acids is 3. The second-order valence-corrected chi connectivity index (χ2v) is 10.4. The molecule has 3 N–H and O–H groups in total. The predicted molar refractivity (Wildman–Crippen MR) is 146 cm³/mol. The summed E-state index contributed by atoms with van der Waals surface area (Å²) in [6.45, 7) is 11.2. The van der Waals surface area contributed by atoms with Gasteiger partial charge in [-0.1, -0.05) is 19.4 Å². The van der Waals surface area contributed by atoms with Gasteiger partial charge in [0, 0.05) is 18.7 Å². The number of phenols is 1.